The number of morpholine rings is 1. The van der Waals surface area contributed by atoms with E-state index >= 15 is 0 Å². The molecule has 2 unspecified atom stereocenters. The maximum Gasteiger partial charge on any atom is 0.282 e. The molecule has 2 aliphatic rings. The van der Waals surface area contributed by atoms with Crippen molar-refractivity contribution in [1.82, 2.24) is 13.5 Å². The van der Waals surface area contributed by atoms with Gasteiger partial charge in [-0.15, -0.1) is 0 Å². The lowest BCUT2D eigenvalue weighted by atomic mass is 10.3. The van der Waals surface area contributed by atoms with Crippen LogP contribution < -0.4 is 9.47 Å². The Kier molecular flexibility index (Phi) is 6.99. The van der Waals surface area contributed by atoms with Gasteiger partial charge >= 0.3 is 0 Å². The van der Waals surface area contributed by atoms with Gasteiger partial charge in [-0.1, -0.05) is 12.1 Å². The predicted molar refractivity (Wildman–Crippen MR) is 107 cm³/mol. The number of amides is 1. The number of carbonyl (C=O) groups is 1. The Morgan fingerprint density at radius 3 is 2.21 bits per heavy atom. The van der Waals surface area contributed by atoms with E-state index in [1.165, 1.54) is 8.61 Å². The summed E-state index contributed by atoms with van der Waals surface area (Å²) in [6.45, 7) is 5.52. The molecule has 1 amide bonds. The van der Waals surface area contributed by atoms with Gasteiger partial charge in [0.15, 0.2) is 18.1 Å². The third-order valence-electron chi connectivity index (χ3n) is 5.05. The number of carbonyl (C=O) groups excluding carboxylic acids is 1. The van der Waals surface area contributed by atoms with Crippen molar-refractivity contribution in [3.8, 4) is 11.5 Å². The van der Waals surface area contributed by atoms with Crippen molar-refractivity contribution in [1.29, 1.82) is 0 Å². The van der Waals surface area contributed by atoms with Crippen LogP contribution in [0.25, 0.3) is 0 Å². The lowest BCUT2D eigenvalue weighted by Crippen LogP contribution is -2.58. The summed E-state index contributed by atoms with van der Waals surface area (Å²) in [6, 6.07) is 7.13. The molecule has 0 spiro atoms. The highest BCUT2D eigenvalue weighted by Crippen LogP contribution is 2.26. The number of ether oxygens (including phenoxy) is 3. The van der Waals surface area contributed by atoms with Crippen LogP contribution in [0, 0.1) is 0 Å². The van der Waals surface area contributed by atoms with Crippen LogP contribution in [-0.4, -0.2) is 93.0 Å². The number of benzene rings is 1. The molecule has 0 aliphatic carbocycles. The first kappa shape index (κ1) is 21.8. The number of piperazine rings is 1. The molecule has 0 bridgehead atoms. The third kappa shape index (κ3) is 5.19. The Balaban J connectivity index is 1.52. The Bertz CT molecular complexity index is 800. The molecule has 9 nitrogen and oxygen atoms in total. The first-order valence-electron chi connectivity index (χ1n) is 9.75. The molecule has 29 heavy (non-hydrogen) atoms. The van der Waals surface area contributed by atoms with Crippen LogP contribution in [0.5, 0.6) is 11.5 Å². The van der Waals surface area contributed by atoms with Gasteiger partial charge in [0.25, 0.3) is 16.1 Å². The summed E-state index contributed by atoms with van der Waals surface area (Å²) in [5.41, 5.74) is 0. The molecule has 0 radical (unpaired) electrons. The zero-order valence-corrected chi connectivity index (χ0v) is 17.9. The van der Waals surface area contributed by atoms with Gasteiger partial charge in [-0.25, -0.2) is 0 Å². The van der Waals surface area contributed by atoms with Gasteiger partial charge in [-0.05, 0) is 26.0 Å². The second kappa shape index (κ2) is 9.29. The van der Waals surface area contributed by atoms with Gasteiger partial charge in [-0.2, -0.15) is 17.0 Å². The minimum atomic E-state index is -3.56. The highest BCUT2D eigenvalue weighted by molar-refractivity contribution is 7.86. The van der Waals surface area contributed by atoms with Crippen LogP contribution in [-0.2, 0) is 19.7 Å². The minimum absolute atomic E-state index is 0.119. The highest BCUT2D eigenvalue weighted by Gasteiger charge is 2.37. The van der Waals surface area contributed by atoms with Crippen molar-refractivity contribution in [2.24, 2.45) is 0 Å². The average Bonchev–Trinajstić information content (AvgIpc) is 2.71. The van der Waals surface area contributed by atoms with E-state index in [2.05, 4.69) is 0 Å². The molecule has 2 aliphatic heterocycles. The van der Waals surface area contributed by atoms with Crippen molar-refractivity contribution in [2.75, 3.05) is 53.0 Å². The summed E-state index contributed by atoms with van der Waals surface area (Å²) in [4.78, 5) is 14.1. The highest BCUT2D eigenvalue weighted by atomic mass is 32.2. The van der Waals surface area contributed by atoms with Crippen molar-refractivity contribution < 1.29 is 27.4 Å². The molecule has 0 saturated carbocycles. The fourth-order valence-corrected chi connectivity index (χ4v) is 5.37. The van der Waals surface area contributed by atoms with Gasteiger partial charge in [-0.3, -0.25) is 4.79 Å². The second-order valence-electron chi connectivity index (χ2n) is 7.30. The summed E-state index contributed by atoms with van der Waals surface area (Å²) in [7, 11) is -2.02. The Morgan fingerprint density at radius 2 is 1.62 bits per heavy atom. The van der Waals surface area contributed by atoms with E-state index in [1.54, 1.807) is 30.2 Å². The van der Waals surface area contributed by atoms with Gasteiger partial charge in [0, 0.05) is 39.3 Å². The Morgan fingerprint density at radius 1 is 1.03 bits per heavy atom. The molecule has 2 saturated heterocycles. The summed E-state index contributed by atoms with van der Waals surface area (Å²) in [6.07, 6.45) is -0.271. The zero-order chi connectivity index (χ0) is 21.0. The van der Waals surface area contributed by atoms with E-state index in [-0.39, 0.29) is 37.8 Å². The molecule has 0 aromatic heterocycles. The molecule has 2 atom stereocenters. The number of para-hydroxylation sites is 2. The van der Waals surface area contributed by atoms with Crippen LogP contribution in [0.4, 0.5) is 0 Å². The summed E-state index contributed by atoms with van der Waals surface area (Å²) in [5.74, 6) is 0.881. The minimum Gasteiger partial charge on any atom is -0.493 e. The second-order valence-corrected chi connectivity index (χ2v) is 9.23. The molecule has 2 heterocycles. The summed E-state index contributed by atoms with van der Waals surface area (Å²) >= 11 is 0. The first-order valence-corrected chi connectivity index (χ1v) is 11.1. The van der Waals surface area contributed by atoms with Crippen molar-refractivity contribution in [3.63, 3.8) is 0 Å². The van der Waals surface area contributed by atoms with Crippen LogP contribution >= 0.6 is 0 Å². The van der Waals surface area contributed by atoms with E-state index < -0.39 is 10.2 Å². The largest absolute Gasteiger partial charge is 0.493 e. The number of hydrogen-bond acceptors (Lipinski definition) is 6. The SMILES string of the molecule is COc1ccccc1OCC(=O)N1CCN(S(=O)(=O)N2CC(C)OC(C)C2)CC1. The van der Waals surface area contributed by atoms with Gasteiger partial charge < -0.3 is 19.1 Å². The van der Waals surface area contributed by atoms with Crippen LogP contribution in [0.3, 0.4) is 0 Å². The van der Waals surface area contributed by atoms with Crippen LogP contribution in [0.1, 0.15) is 13.8 Å². The number of rotatable bonds is 6. The molecule has 0 N–H and O–H groups in total. The van der Waals surface area contributed by atoms with Gasteiger partial charge in [0.05, 0.1) is 19.3 Å². The van der Waals surface area contributed by atoms with Crippen LogP contribution in [0.2, 0.25) is 0 Å². The number of hydrogen-bond donors (Lipinski definition) is 0. The van der Waals surface area contributed by atoms with Crippen LogP contribution in [0.15, 0.2) is 24.3 Å². The van der Waals surface area contributed by atoms with E-state index in [0.717, 1.165) is 0 Å². The maximum atomic E-state index is 12.9. The fourth-order valence-electron chi connectivity index (χ4n) is 3.62. The molecule has 1 aromatic carbocycles. The molecule has 2 fully saturated rings. The average molecular weight is 428 g/mol. The smallest absolute Gasteiger partial charge is 0.282 e. The van der Waals surface area contributed by atoms with E-state index in [1.807, 2.05) is 19.9 Å². The lowest BCUT2D eigenvalue weighted by Gasteiger charge is -2.40. The molecule has 1 aromatic rings. The third-order valence-corrected chi connectivity index (χ3v) is 7.02. The predicted octanol–water partition coefficient (Wildman–Crippen LogP) is 0.572. The fraction of sp³-hybridized carbons (Fsp3) is 0.632. The zero-order valence-electron chi connectivity index (χ0n) is 17.1. The molecule has 162 valence electrons. The number of methoxy groups -OCH3 is 1. The van der Waals surface area contributed by atoms with Gasteiger partial charge in [0.2, 0.25) is 0 Å². The first-order chi connectivity index (χ1) is 13.8. The maximum absolute atomic E-state index is 12.9. The lowest BCUT2D eigenvalue weighted by molar-refractivity contribution is -0.134. The van der Waals surface area contributed by atoms with Crippen molar-refractivity contribution in [3.05, 3.63) is 24.3 Å². The summed E-state index contributed by atoms with van der Waals surface area (Å²) < 4.78 is 45.2. The summed E-state index contributed by atoms with van der Waals surface area (Å²) in [5, 5.41) is 0. The van der Waals surface area contributed by atoms with Crippen molar-refractivity contribution in [2.45, 2.75) is 26.1 Å². The van der Waals surface area contributed by atoms with Gasteiger partial charge in [0.1, 0.15) is 0 Å². The van der Waals surface area contributed by atoms with E-state index in [9.17, 15) is 13.2 Å². The van der Waals surface area contributed by atoms with E-state index in [4.69, 9.17) is 14.2 Å². The molecular weight excluding hydrogens is 398 g/mol. The van der Waals surface area contributed by atoms with E-state index in [0.29, 0.717) is 37.7 Å². The topological polar surface area (TPSA) is 88.6 Å². The quantitative estimate of drug-likeness (QED) is 0.660. The Hall–Kier alpha value is -1.88. The monoisotopic (exact) mass is 427 g/mol. The number of nitrogens with zero attached hydrogens (tertiary/aromatic N) is 3. The Labute approximate surface area is 172 Å². The van der Waals surface area contributed by atoms with Crippen molar-refractivity contribution >= 4 is 16.1 Å². The standard InChI is InChI=1S/C19H29N3O6S/c1-15-12-22(13-16(2)28-15)29(24,25)21-10-8-20(9-11-21)19(23)14-27-18-7-5-4-6-17(18)26-3/h4-7,15-16H,8-14H2,1-3H3. The normalized spacial score (nSPS) is 24.3. The molecule has 10 heteroatoms. The molecular formula is C19H29N3O6S. The molecule has 3 rings (SSSR count).